The number of unbranched alkanes of at least 4 members (excludes halogenated alkanes) is 3. The Labute approximate surface area is 458 Å². The molecule has 0 bridgehead atoms. The first-order valence-corrected chi connectivity index (χ1v) is 27.9. The second-order valence-corrected chi connectivity index (χ2v) is 21.2. The molecule has 0 aliphatic carbocycles. The molecule has 7 atom stereocenters. The molecule has 4 aromatic carbocycles. The van der Waals surface area contributed by atoms with Crippen molar-refractivity contribution in [2.24, 2.45) is 17.4 Å². The Bertz CT molecular complexity index is 2670. The number of hydrogen-bond donors (Lipinski definition) is 8. The van der Waals surface area contributed by atoms with Gasteiger partial charge in [0, 0.05) is 31.2 Å². The van der Waals surface area contributed by atoms with E-state index in [1.807, 2.05) is 60.7 Å². The van der Waals surface area contributed by atoms with Gasteiger partial charge in [0.15, 0.2) is 0 Å². The topological polar surface area (TPSA) is 268 Å². The van der Waals surface area contributed by atoms with Crippen LogP contribution in [0.25, 0.3) is 22.3 Å². The van der Waals surface area contributed by atoms with Crippen LogP contribution >= 0.6 is 0 Å². The predicted octanol–water partition coefficient (Wildman–Crippen LogP) is 5.10. The van der Waals surface area contributed by atoms with Crippen molar-refractivity contribution >= 4 is 41.4 Å². The number of benzene rings is 4. The molecule has 4 aromatic rings. The summed E-state index contributed by atoms with van der Waals surface area (Å²) in [6.07, 6.45) is 6.75. The van der Waals surface area contributed by atoms with E-state index in [1.165, 1.54) is 34.8 Å². The highest BCUT2D eigenvalue weighted by Gasteiger charge is 2.43. The normalized spacial score (nSPS) is 22.9. The number of aromatic hydroxyl groups is 1. The lowest BCUT2D eigenvalue weighted by atomic mass is 9.99. The lowest BCUT2D eigenvalue weighted by Gasteiger charge is -2.32. The standard InChI is InChI=1S/C60H79N9O9/c1-4-5-6-7-35-78-47-29-25-43(26-30-47)41-19-17-40(18-20-41)42-21-23-44(24-22-42)54(71)64-48-12-9-33-63-57(74)52-36-45(62)37-69(52)59(76)50(11-8-32-61)66-55(72)49(31-16-39-14-27-46(70)28-15-39)65-58(75)51-13-10-34-68(51)60(77)53(38(2)3)67-56(48)73/h14-15,17-30,38,45,48-53,70H,4-13,16,31-37,61-62H2,1-3H3,(H,63,74)(H,64,71)(H,65,75)(H,66,72)(H,67,73)/t45-,48-,49-,50-,51-,52-,53-/m0/s1. The van der Waals surface area contributed by atoms with E-state index in [0.717, 1.165) is 46.4 Å². The number of nitrogens with two attached hydrogens (primary N) is 2. The number of phenols is 1. The molecule has 3 aliphatic rings. The molecular formula is C60H79N9O9. The van der Waals surface area contributed by atoms with E-state index >= 15 is 0 Å². The minimum atomic E-state index is -1.17. The van der Waals surface area contributed by atoms with Gasteiger partial charge in [0.2, 0.25) is 35.4 Å². The Kier molecular flexibility index (Phi) is 21.2. The summed E-state index contributed by atoms with van der Waals surface area (Å²) in [5.41, 5.74) is 17.3. The molecule has 418 valence electrons. The van der Waals surface area contributed by atoms with Gasteiger partial charge in [-0.1, -0.05) is 101 Å². The van der Waals surface area contributed by atoms with E-state index in [-0.39, 0.29) is 64.0 Å². The first-order chi connectivity index (χ1) is 37.6. The molecule has 7 amide bonds. The highest BCUT2D eigenvalue weighted by molar-refractivity contribution is 6.00. The van der Waals surface area contributed by atoms with Gasteiger partial charge in [0.1, 0.15) is 47.8 Å². The van der Waals surface area contributed by atoms with Crippen LogP contribution in [-0.2, 0) is 35.2 Å². The number of hydrogen-bond acceptors (Lipinski definition) is 11. The van der Waals surface area contributed by atoms with Crippen molar-refractivity contribution in [1.82, 2.24) is 36.4 Å². The maximum atomic E-state index is 14.6. The van der Waals surface area contributed by atoms with Crippen molar-refractivity contribution in [1.29, 1.82) is 0 Å². The van der Waals surface area contributed by atoms with Gasteiger partial charge in [-0.15, -0.1) is 0 Å². The maximum absolute atomic E-state index is 14.6. The third-order valence-electron chi connectivity index (χ3n) is 15.0. The summed E-state index contributed by atoms with van der Waals surface area (Å²) in [6.45, 7) is 7.02. The second-order valence-electron chi connectivity index (χ2n) is 21.2. The fourth-order valence-electron chi connectivity index (χ4n) is 10.4. The monoisotopic (exact) mass is 1070 g/mol. The van der Waals surface area contributed by atoms with E-state index in [9.17, 15) is 38.7 Å². The molecule has 0 aromatic heterocycles. The van der Waals surface area contributed by atoms with E-state index in [2.05, 4.69) is 33.5 Å². The first-order valence-electron chi connectivity index (χ1n) is 27.9. The average molecular weight is 1070 g/mol. The van der Waals surface area contributed by atoms with Crippen molar-refractivity contribution in [2.45, 2.75) is 147 Å². The van der Waals surface area contributed by atoms with Gasteiger partial charge in [0.05, 0.1) is 6.61 Å². The van der Waals surface area contributed by atoms with Gasteiger partial charge in [-0.3, -0.25) is 33.6 Å². The molecule has 18 heteroatoms. The van der Waals surface area contributed by atoms with Crippen LogP contribution in [0.5, 0.6) is 11.5 Å². The fourth-order valence-corrected chi connectivity index (χ4v) is 10.4. The molecule has 0 radical (unpaired) electrons. The number of aryl methyl sites for hydroxylation is 1. The lowest BCUT2D eigenvalue weighted by molar-refractivity contribution is -0.143. The minimum Gasteiger partial charge on any atom is -0.508 e. The number of carbonyl (C=O) groups excluding carboxylic acids is 7. The highest BCUT2D eigenvalue weighted by Crippen LogP contribution is 2.28. The zero-order valence-corrected chi connectivity index (χ0v) is 45.3. The number of nitrogens with one attached hydrogen (secondary N) is 5. The summed E-state index contributed by atoms with van der Waals surface area (Å²) in [5, 5.41) is 24.3. The third-order valence-corrected chi connectivity index (χ3v) is 15.0. The van der Waals surface area contributed by atoms with Crippen LogP contribution in [0.4, 0.5) is 0 Å². The van der Waals surface area contributed by atoms with E-state index in [0.29, 0.717) is 37.9 Å². The summed E-state index contributed by atoms with van der Waals surface area (Å²) >= 11 is 0. The van der Waals surface area contributed by atoms with Crippen molar-refractivity contribution in [2.75, 3.05) is 32.8 Å². The quantitative estimate of drug-likeness (QED) is 0.0646. The molecule has 3 saturated heterocycles. The summed E-state index contributed by atoms with van der Waals surface area (Å²) in [6, 6.07) is 22.7. The highest BCUT2D eigenvalue weighted by atomic mass is 16.5. The molecule has 3 fully saturated rings. The van der Waals surface area contributed by atoms with Crippen molar-refractivity contribution in [3.8, 4) is 33.8 Å². The number of nitrogens with zero attached hydrogens (tertiary/aromatic N) is 2. The number of amides is 7. The molecule has 7 rings (SSSR count). The van der Waals surface area contributed by atoms with Gasteiger partial charge in [-0.2, -0.15) is 0 Å². The molecule has 18 nitrogen and oxygen atoms in total. The van der Waals surface area contributed by atoms with E-state index in [4.69, 9.17) is 16.2 Å². The molecule has 3 aliphatic heterocycles. The number of rotatable bonds is 17. The number of carbonyl (C=O) groups is 7. The molecule has 0 spiro atoms. The van der Waals surface area contributed by atoms with Crippen LogP contribution in [0.1, 0.15) is 114 Å². The van der Waals surface area contributed by atoms with Crippen LogP contribution < -0.4 is 42.8 Å². The average Bonchev–Trinajstić information content (AvgIpc) is 4.11. The largest absolute Gasteiger partial charge is 0.508 e. The summed E-state index contributed by atoms with van der Waals surface area (Å²) in [4.78, 5) is 103. The Morgan fingerprint density at radius 2 is 1.33 bits per heavy atom. The Hall–Kier alpha value is -7.31. The number of ether oxygens (including phenoxy) is 1. The van der Waals surface area contributed by atoms with Gasteiger partial charge in [0.25, 0.3) is 5.91 Å². The second kappa shape index (κ2) is 28.4. The van der Waals surface area contributed by atoms with Gasteiger partial charge >= 0.3 is 0 Å². The first kappa shape index (κ1) is 58.4. The maximum Gasteiger partial charge on any atom is 0.251 e. The van der Waals surface area contributed by atoms with Crippen molar-refractivity contribution in [3.63, 3.8) is 0 Å². The van der Waals surface area contributed by atoms with Crippen LogP contribution in [0.15, 0.2) is 97.1 Å². The Balaban J connectivity index is 1.09. The molecule has 3 heterocycles. The Morgan fingerprint density at radius 3 is 1.97 bits per heavy atom. The van der Waals surface area contributed by atoms with Crippen molar-refractivity contribution < 1.29 is 43.4 Å². The minimum absolute atomic E-state index is 0.0574. The SMILES string of the molecule is CCCCCCOc1ccc(-c2ccc(-c3ccc(C(=O)N[C@H]4CCCNC(=O)[C@@H]5C[C@H](N)CN5C(=O)[C@H](CCCN)NC(=O)[C@H](CCc5ccc(O)cc5)NC(=O)[C@@H]5CCCN5C(=O)[C@H](C(C)C)NC4=O)cc3)cc2)cc1. The zero-order chi connectivity index (χ0) is 55.7. The molecule has 0 saturated carbocycles. The molecule has 0 unspecified atom stereocenters. The van der Waals surface area contributed by atoms with Crippen LogP contribution in [0.2, 0.25) is 0 Å². The molecular weight excluding hydrogens is 991 g/mol. The van der Waals surface area contributed by atoms with E-state index < -0.39 is 89.6 Å². The lowest BCUT2D eigenvalue weighted by Crippen LogP contribution is -2.60. The Morgan fingerprint density at radius 1 is 0.692 bits per heavy atom. The molecule has 78 heavy (non-hydrogen) atoms. The third kappa shape index (κ3) is 15.7. The summed E-state index contributed by atoms with van der Waals surface area (Å²) < 4.78 is 5.92. The van der Waals surface area contributed by atoms with Crippen LogP contribution in [-0.4, -0.2) is 131 Å². The smallest absolute Gasteiger partial charge is 0.251 e. The number of fused-ring (bicyclic) bond motifs is 2. The van der Waals surface area contributed by atoms with Gasteiger partial charge in [-0.05, 0) is 141 Å². The van der Waals surface area contributed by atoms with Crippen molar-refractivity contribution in [3.05, 3.63) is 108 Å². The van der Waals surface area contributed by atoms with Gasteiger partial charge < -0.3 is 57.7 Å². The summed E-state index contributed by atoms with van der Waals surface area (Å²) in [5.74, 6) is -3.37. The number of phenolic OH excluding ortho intramolecular Hbond substituents is 1. The molecule has 10 N–H and O–H groups in total. The van der Waals surface area contributed by atoms with Crippen LogP contribution in [0, 0.1) is 5.92 Å². The zero-order valence-electron chi connectivity index (χ0n) is 45.3. The summed E-state index contributed by atoms with van der Waals surface area (Å²) in [7, 11) is 0. The van der Waals surface area contributed by atoms with Gasteiger partial charge in [-0.25, -0.2) is 0 Å². The fraction of sp³-hybridized carbons (Fsp3) is 0.483. The van der Waals surface area contributed by atoms with Crippen LogP contribution in [0.3, 0.4) is 0 Å². The van der Waals surface area contributed by atoms with E-state index in [1.54, 1.807) is 38.1 Å². The predicted molar refractivity (Wildman–Crippen MR) is 299 cm³/mol.